The van der Waals surface area contributed by atoms with Crippen molar-refractivity contribution in [2.24, 2.45) is 0 Å². The van der Waals surface area contributed by atoms with E-state index >= 15 is 0 Å². The molecule has 0 aliphatic heterocycles. The van der Waals surface area contributed by atoms with Crippen molar-refractivity contribution >= 4 is 40.0 Å². The molecular weight excluding hydrogens is 242 g/mol. The van der Waals surface area contributed by atoms with E-state index in [4.69, 9.17) is 17.0 Å². The fourth-order valence-electron chi connectivity index (χ4n) is 1.07. The number of esters is 1. The van der Waals surface area contributed by atoms with E-state index in [-0.39, 0.29) is 5.97 Å². The standard InChI is InChI=1S/C11H13NO2S2/c1-3-14-10(13)8-4-6-9(7-5-8)12-11(15)16-2/h4-7H,3H2,1-2H3,(H,12,15). The minimum absolute atomic E-state index is 0.304. The Morgan fingerprint density at radius 3 is 2.56 bits per heavy atom. The highest BCUT2D eigenvalue weighted by atomic mass is 32.2. The average molecular weight is 255 g/mol. The lowest BCUT2D eigenvalue weighted by Crippen LogP contribution is -2.06. The van der Waals surface area contributed by atoms with Crippen LogP contribution < -0.4 is 5.32 Å². The van der Waals surface area contributed by atoms with E-state index < -0.39 is 0 Å². The molecule has 0 saturated heterocycles. The molecule has 1 N–H and O–H groups in total. The van der Waals surface area contributed by atoms with Crippen molar-refractivity contribution in [2.75, 3.05) is 18.2 Å². The molecule has 86 valence electrons. The van der Waals surface area contributed by atoms with Crippen LogP contribution >= 0.6 is 24.0 Å². The topological polar surface area (TPSA) is 38.3 Å². The number of benzene rings is 1. The second-order valence-corrected chi connectivity index (χ2v) is 4.40. The highest BCUT2D eigenvalue weighted by Crippen LogP contribution is 2.12. The number of nitrogens with one attached hydrogen (secondary N) is 1. The number of ether oxygens (including phenoxy) is 1. The molecule has 0 aliphatic rings. The fraction of sp³-hybridized carbons (Fsp3) is 0.273. The summed E-state index contributed by atoms with van der Waals surface area (Å²) < 4.78 is 5.58. The van der Waals surface area contributed by atoms with E-state index in [1.165, 1.54) is 11.8 Å². The zero-order valence-corrected chi connectivity index (χ0v) is 10.8. The molecule has 0 aliphatic carbocycles. The van der Waals surface area contributed by atoms with E-state index in [0.29, 0.717) is 16.5 Å². The minimum Gasteiger partial charge on any atom is -0.462 e. The van der Waals surface area contributed by atoms with Gasteiger partial charge in [0.05, 0.1) is 12.2 Å². The predicted molar refractivity (Wildman–Crippen MR) is 72.1 cm³/mol. The third-order valence-corrected chi connectivity index (χ3v) is 2.90. The summed E-state index contributed by atoms with van der Waals surface area (Å²) in [4.78, 5) is 11.4. The zero-order chi connectivity index (χ0) is 12.0. The SMILES string of the molecule is CCOC(=O)c1ccc(NC(=S)SC)cc1. The number of carbonyl (C=O) groups excluding carboxylic acids is 1. The van der Waals surface area contributed by atoms with E-state index in [2.05, 4.69) is 5.32 Å². The normalized spacial score (nSPS) is 9.62. The van der Waals surface area contributed by atoms with Crippen LogP contribution in [0.25, 0.3) is 0 Å². The summed E-state index contributed by atoms with van der Waals surface area (Å²) in [6.45, 7) is 2.17. The summed E-state index contributed by atoms with van der Waals surface area (Å²) in [5.74, 6) is -0.304. The molecule has 16 heavy (non-hydrogen) atoms. The first-order valence-corrected chi connectivity index (χ1v) is 6.42. The van der Waals surface area contributed by atoms with Gasteiger partial charge >= 0.3 is 5.97 Å². The summed E-state index contributed by atoms with van der Waals surface area (Å²) in [6, 6.07) is 7.02. The van der Waals surface area contributed by atoms with Gasteiger partial charge < -0.3 is 10.1 Å². The molecule has 0 spiro atoms. The molecule has 0 fully saturated rings. The number of rotatable bonds is 3. The van der Waals surface area contributed by atoms with Crippen molar-refractivity contribution in [1.29, 1.82) is 0 Å². The van der Waals surface area contributed by atoms with E-state index in [1.54, 1.807) is 31.2 Å². The van der Waals surface area contributed by atoms with Gasteiger partial charge in [0.15, 0.2) is 0 Å². The molecule has 0 aromatic heterocycles. The van der Waals surface area contributed by atoms with Gasteiger partial charge in [0.1, 0.15) is 4.32 Å². The summed E-state index contributed by atoms with van der Waals surface area (Å²) in [6.07, 6.45) is 1.91. The summed E-state index contributed by atoms with van der Waals surface area (Å²) >= 11 is 6.49. The van der Waals surface area contributed by atoms with Crippen LogP contribution in [0.2, 0.25) is 0 Å². The van der Waals surface area contributed by atoms with Crippen LogP contribution in [0.15, 0.2) is 24.3 Å². The van der Waals surface area contributed by atoms with Crippen LogP contribution in [0.1, 0.15) is 17.3 Å². The third kappa shape index (κ3) is 3.83. The first-order valence-electron chi connectivity index (χ1n) is 4.79. The van der Waals surface area contributed by atoms with Crippen molar-refractivity contribution in [3.8, 4) is 0 Å². The van der Waals surface area contributed by atoms with Crippen molar-refractivity contribution < 1.29 is 9.53 Å². The smallest absolute Gasteiger partial charge is 0.338 e. The maximum atomic E-state index is 11.4. The van der Waals surface area contributed by atoms with Crippen LogP contribution in [0.4, 0.5) is 5.69 Å². The van der Waals surface area contributed by atoms with Crippen LogP contribution in [0.5, 0.6) is 0 Å². The molecule has 5 heteroatoms. The van der Waals surface area contributed by atoms with Crippen LogP contribution in [-0.4, -0.2) is 23.2 Å². The number of hydrogen-bond acceptors (Lipinski definition) is 4. The van der Waals surface area contributed by atoms with Gasteiger partial charge in [0.2, 0.25) is 0 Å². The molecule has 0 unspecified atom stereocenters. The first-order chi connectivity index (χ1) is 7.67. The van der Waals surface area contributed by atoms with Crippen molar-refractivity contribution in [2.45, 2.75) is 6.92 Å². The Hall–Kier alpha value is -1.07. The number of thioether (sulfide) groups is 1. The monoisotopic (exact) mass is 255 g/mol. The maximum Gasteiger partial charge on any atom is 0.338 e. The van der Waals surface area contributed by atoms with Gasteiger partial charge in [-0.3, -0.25) is 0 Å². The molecule has 0 heterocycles. The van der Waals surface area contributed by atoms with Crippen molar-refractivity contribution in [3.05, 3.63) is 29.8 Å². The Labute approximate surface area is 105 Å². The Balaban J connectivity index is 2.67. The lowest BCUT2D eigenvalue weighted by molar-refractivity contribution is 0.0526. The minimum atomic E-state index is -0.304. The zero-order valence-electron chi connectivity index (χ0n) is 9.15. The molecule has 0 radical (unpaired) electrons. The molecule has 1 aromatic rings. The van der Waals surface area contributed by atoms with E-state index in [0.717, 1.165) is 5.69 Å². The molecule has 1 aromatic carbocycles. The lowest BCUT2D eigenvalue weighted by atomic mass is 10.2. The molecule has 0 bridgehead atoms. The lowest BCUT2D eigenvalue weighted by Gasteiger charge is -2.06. The Morgan fingerprint density at radius 1 is 1.44 bits per heavy atom. The molecule has 0 atom stereocenters. The molecular formula is C11H13NO2S2. The molecule has 3 nitrogen and oxygen atoms in total. The van der Waals surface area contributed by atoms with Crippen molar-refractivity contribution in [3.63, 3.8) is 0 Å². The van der Waals surface area contributed by atoms with E-state index in [9.17, 15) is 4.79 Å². The molecule has 0 saturated carbocycles. The molecule has 0 amide bonds. The fourth-order valence-corrected chi connectivity index (χ4v) is 1.41. The van der Waals surface area contributed by atoms with Gasteiger partial charge in [-0.1, -0.05) is 12.2 Å². The Kier molecular flexibility index (Phi) is 5.28. The number of carbonyl (C=O) groups is 1. The first kappa shape index (κ1) is 13.0. The van der Waals surface area contributed by atoms with Gasteiger partial charge in [-0.25, -0.2) is 4.79 Å². The van der Waals surface area contributed by atoms with Gasteiger partial charge in [-0.2, -0.15) is 0 Å². The number of thiocarbonyl (C=S) groups is 1. The predicted octanol–water partition coefficient (Wildman–Crippen LogP) is 2.92. The van der Waals surface area contributed by atoms with Gasteiger partial charge in [0.25, 0.3) is 0 Å². The third-order valence-electron chi connectivity index (χ3n) is 1.83. The van der Waals surface area contributed by atoms with Gasteiger partial charge in [-0.05, 0) is 37.4 Å². The molecule has 1 rings (SSSR count). The van der Waals surface area contributed by atoms with Crippen LogP contribution in [-0.2, 0) is 4.74 Å². The van der Waals surface area contributed by atoms with Gasteiger partial charge in [0, 0.05) is 5.69 Å². The highest BCUT2D eigenvalue weighted by molar-refractivity contribution is 8.22. The van der Waals surface area contributed by atoms with Crippen LogP contribution in [0, 0.1) is 0 Å². The summed E-state index contributed by atoms with van der Waals surface area (Å²) in [5, 5.41) is 3.03. The Bertz CT molecular complexity index is 376. The van der Waals surface area contributed by atoms with Gasteiger partial charge in [-0.15, -0.1) is 11.8 Å². The second kappa shape index (κ2) is 6.50. The number of anilines is 1. The second-order valence-electron chi connectivity index (χ2n) is 2.91. The summed E-state index contributed by atoms with van der Waals surface area (Å²) in [7, 11) is 0. The van der Waals surface area contributed by atoms with E-state index in [1.807, 2.05) is 6.26 Å². The van der Waals surface area contributed by atoms with Crippen molar-refractivity contribution in [1.82, 2.24) is 0 Å². The largest absolute Gasteiger partial charge is 0.462 e. The highest BCUT2D eigenvalue weighted by Gasteiger charge is 2.05. The maximum absolute atomic E-state index is 11.4. The quantitative estimate of drug-likeness (QED) is 0.664. The van der Waals surface area contributed by atoms with Crippen LogP contribution in [0.3, 0.4) is 0 Å². The number of hydrogen-bond donors (Lipinski definition) is 1. The Morgan fingerprint density at radius 2 is 2.06 bits per heavy atom. The average Bonchev–Trinajstić information content (AvgIpc) is 2.30. The summed E-state index contributed by atoms with van der Waals surface area (Å²) in [5.41, 5.74) is 1.41.